The molecule has 0 saturated heterocycles. The van der Waals surface area contributed by atoms with Crippen molar-refractivity contribution in [1.29, 1.82) is 5.26 Å². The highest BCUT2D eigenvalue weighted by Gasteiger charge is 2.45. The molecular formula is C27H35F2NO2. The lowest BCUT2D eigenvalue weighted by Gasteiger charge is -2.50. The normalized spacial score (nSPS) is 31.8. The third-order valence-electron chi connectivity index (χ3n) is 8.54. The van der Waals surface area contributed by atoms with Crippen LogP contribution in [0.1, 0.15) is 89.5 Å². The van der Waals surface area contributed by atoms with Gasteiger partial charge in [-0.15, -0.1) is 0 Å². The van der Waals surface area contributed by atoms with Gasteiger partial charge in [0.15, 0.2) is 0 Å². The standard InChI is InChI=1S/C27H35F2NO2/c1-2-3-4-5-17-6-10-22-18(12-17)7-8-19-13-20(9-11-23(19)22)27(31)32-21-14-25(28)24(16-30)26(29)15-21/h14-15,17-20,22-23H,2-13H2,1H3. The van der Waals surface area contributed by atoms with Gasteiger partial charge in [0, 0.05) is 12.1 Å². The zero-order valence-corrected chi connectivity index (χ0v) is 19.1. The fourth-order valence-corrected chi connectivity index (χ4v) is 6.97. The smallest absolute Gasteiger partial charge is 0.314 e. The number of carbonyl (C=O) groups excluding carboxylic acids is 1. The summed E-state index contributed by atoms with van der Waals surface area (Å²) in [5.41, 5.74) is -0.651. The summed E-state index contributed by atoms with van der Waals surface area (Å²) in [7, 11) is 0. The van der Waals surface area contributed by atoms with Crippen molar-refractivity contribution in [1.82, 2.24) is 0 Å². The summed E-state index contributed by atoms with van der Waals surface area (Å²) in [5, 5.41) is 8.79. The first kappa shape index (κ1) is 23.2. The number of hydrogen-bond acceptors (Lipinski definition) is 3. The number of rotatable bonds is 6. The highest BCUT2D eigenvalue weighted by Crippen LogP contribution is 2.54. The molecule has 3 fully saturated rings. The Morgan fingerprint density at radius 2 is 1.66 bits per heavy atom. The molecule has 1 aromatic carbocycles. The minimum atomic E-state index is -0.998. The van der Waals surface area contributed by atoms with Gasteiger partial charge in [0.1, 0.15) is 29.0 Å². The molecule has 3 saturated carbocycles. The molecule has 6 atom stereocenters. The number of halogens is 2. The van der Waals surface area contributed by atoms with Crippen molar-refractivity contribution in [2.75, 3.05) is 0 Å². The van der Waals surface area contributed by atoms with Crippen LogP contribution in [0.3, 0.4) is 0 Å². The lowest BCUT2D eigenvalue weighted by atomic mass is 9.55. The van der Waals surface area contributed by atoms with E-state index in [-0.39, 0.29) is 11.7 Å². The van der Waals surface area contributed by atoms with E-state index in [1.165, 1.54) is 63.9 Å². The van der Waals surface area contributed by atoms with Crippen LogP contribution in [0.4, 0.5) is 8.78 Å². The second-order valence-corrected chi connectivity index (χ2v) is 10.4. The average molecular weight is 444 g/mol. The first-order valence-corrected chi connectivity index (χ1v) is 12.6. The Morgan fingerprint density at radius 3 is 2.31 bits per heavy atom. The Kier molecular flexibility index (Phi) is 7.48. The minimum absolute atomic E-state index is 0.156. The van der Waals surface area contributed by atoms with Gasteiger partial charge in [0.25, 0.3) is 0 Å². The zero-order chi connectivity index (χ0) is 22.7. The van der Waals surface area contributed by atoms with E-state index in [9.17, 15) is 13.6 Å². The minimum Gasteiger partial charge on any atom is -0.426 e. The molecule has 32 heavy (non-hydrogen) atoms. The first-order chi connectivity index (χ1) is 15.5. The second-order valence-electron chi connectivity index (χ2n) is 10.4. The van der Waals surface area contributed by atoms with Gasteiger partial charge in [0.2, 0.25) is 0 Å². The van der Waals surface area contributed by atoms with Crippen LogP contribution in [0.25, 0.3) is 0 Å². The zero-order valence-electron chi connectivity index (χ0n) is 19.1. The molecule has 0 radical (unpaired) electrons. The van der Waals surface area contributed by atoms with Crippen LogP contribution in [0.5, 0.6) is 5.75 Å². The van der Waals surface area contributed by atoms with E-state index >= 15 is 0 Å². The molecule has 6 unspecified atom stereocenters. The number of carbonyl (C=O) groups is 1. The molecule has 0 spiro atoms. The van der Waals surface area contributed by atoms with Gasteiger partial charge in [-0.25, -0.2) is 8.78 Å². The van der Waals surface area contributed by atoms with Crippen molar-refractivity contribution in [3.63, 3.8) is 0 Å². The third kappa shape index (κ3) is 5.00. The molecule has 0 amide bonds. The fourth-order valence-electron chi connectivity index (χ4n) is 6.97. The molecule has 3 aliphatic carbocycles. The number of hydrogen-bond donors (Lipinski definition) is 0. The van der Waals surface area contributed by atoms with Crippen molar-refractivity contribution < 1.29 is 18.3 Å². The summed E-state index contributed by atoms with van der Waals surface area (Å²) < 4.78 is 33.0. The van der Waals surface area contributed by atoms with Crippen LogP contribution in [-0.2, 0) is 4.79 Å². The monoisotopic (exact) mass is 443 g/mol. The average Bonchev–Trinajstić information content (AvgIpc) is 2.78. The molecule has 3 nitrogen and oxygen atoms in total. The van der Waals surface area contributed by atoms with E-state index in [4.69, 9.17) is 10.00 Å². The Hall–Kier alpha value is -1.96. The third-order valence-corrected chi connectivity index (χ3v) is 8.54. The molecule has 0 bridgehead atoms. The molecule has 0 aliphatic heterocycles. The lowest BCUT2D eigenvalue weighted by Crippen LogP contribution is -2.42. The van der Waals surface area contributed by atoms with Crippen molar-refractivity contribution in [2.24, 2.45) is 35.5 Å². The largest absolute Gasteiger partial charge is 0.426 e. The van der Waals surface area contributed by atoms with Crippen molar-refractivity contribution in [3.8, 4) is 11.8 Å². The highest BCUT2D eigenvalue weighted by atomic mass is 19.1. The number of esters is 1. The van der Waals surface area contributed by atoms with Crippen LogP contribution in [-0.4, -0.2) is 5.97 Å². The molecule has 174 valence electrons. The molecular weight excluding hydrogens is 408 g/mol. The number of nitriles is 1. The predicted molar refractivity (Wildman–Crippen MR) is 119 cm³/mol. The Labute approximate surface area is 190 Å². The van der Waals surface area contributed by atoms with E-state index in [1.54, 1.807) is 0 Å². The maximum absolute atomic E-state index is 13.8. The second kappa shape index (κ2) is 10.3. The summed E-state index contributed by atoms with van der Waals surface area (Å²) in [4.78, 5) is 12.7. The Morgan fingerprint density at radius 1 is 1.00 bits per heavy atom. The molecule has 0 heterocycles. The van der Waals surface area contributed by atoms with Gasteiger partial charge >= 0.3 is 5.97 Å². The van der Waals surface area contributed by atoms with Gasteiger partial charge in [-0.2, -0.15) is 5.26 Å². The maximum atomic E-state index is 13.8. The van der Waals surface area contributed by atoms with Crippen LogP contribution in [0.2, 0.25) is 0 Å². The summed E-state index contributed by atoms with van der Waals surface area (Å²) in [6.07, 6.45) is 14.7. The van der Waals surface area contributed by atoms with Crippen LogP contribution >= 0.6 is 0 Å². The Balaban J connectivity index is 1.32. The van der Waals surface area contributed by atoms with Crippen molar-refractivity contribution >= 4 is 5.97 Å². The van der Waals surface area contributed by atoms with E-state index in [0.717, 1.165) is 55.1 Å². The fraction of sp³-hybridized carbons (Fsp3) is 0.704. The van der Waals surface area contributed by atoms with Crippen molar-refractivity contribution in [2.45, 2.75) is 84.0 Å². The van der Waals surface area contributed by atoms with Gasteiger partial charge in [-0.3, -0.25) is 4.79 Å². The molecule has 1 aromatic rings. The summed E-state index contributed by atoms with van der Waals surface area (Å²) in [5.74, 6) is 1.13. The highest BCUT2D eigenvalue weighted by molar-refractivity contribution is 5.75. The summed E-state index contributed by atoms with van der Waals surface area (Å²) >= 11 is 0. The number of nitrogens with zero attached hydrogens (tertiary/aromatic N) is 1. The van der Waals surface area contributed by atoms with Crippen LogP contribution in [0, 0.1) is 58.5 Å². The van der Waals surface area contributed by atoms with Gasteiger partial charge in [0.05, 0.1) is 5.92 Å². The van der Waals surface area contributed by atoms with Gasteiger partial charge in [-0.1, -0.05) is 39.0 Å². The lowest BCUT2D eigenvalue weighted by molar-refractivity contribution is -0.142. The maximum Gasteiger partial charge on any atom is 0.314 e. The first-order valence-electron chi connectivity index (χ1n) is 12.6. The number of unbranched alkanes of at least 4 members (excludes halogenated alkanes) is 2. The topological polar surface area (TPSA) is 50.1 Å². The SMILES string of the molecule is CCCCCC1CCC2C(CCC3CC(C(=O)Oc4cc(F)c(C#N)c(F)c4)CCC32)C1. The summed E-state index contributed by atoms with van der Waals surface area (Å²) in [6.45, 7) is 2.27. The van der Waals surface area contributed by atoms with Gasteiger partial charge in [-0.05, 0) is 74.5 Å². The van der Waals surface area contributed by atoms with Crippen LogP contribution < -0.4 is 4.74 Å². The quantitative estimate of drug-likeness (QED) is 0.266. The summed E-state index contributed by atoms with van der Waals surface area (Å²) in [6, 6.07) is 3.34. The van der Waals surface area contributed by atoms with E-state index < -0.39 is 23.2 Å². The van der Waals surface area contributed by atoms with E-state index in [1.807, 2.05) is 0 Å². The molecule has 0 N–H and O–H groups in total. The van der Waals surface area contributed by atoms with Crippen molar-refractivity contribution in [3.05, 3.63) is 29.3 Å². The van der Waals surface area contributed by atoms with Gasteiger partial charge < -0.3 is 4.74 Å². The van der Waals surface area contributed by atoms with E-state index in [0.29, 0.717) is 5.92 Å². The number of fused-ring (bicyclic) bond motifs is 3. The Bertz CT molecular complexity index is 841. The molecule has 4 rings (SSSR count). The van der Waals surface area contributed by atoms with Crippen LogP contribution in [0.15, 0.2) is 12.1 Å². The predicted octanol–water partition coefficient (Wildman–Crippen LogP) is 7.18. The number of benzene rings is 1. The number of ether oxygens (including phenoxy) is 1. The molecule has 0 aromatic heterocycles. The molecule has 3 aliphatic rings. The molecule has 5 heteroatoms. The van der Waals surface area contributed by atoms with E-state index in [2.05, 4.69) is 6.92 Å².